The van der Waals surface area contributed by atoms with Crippen LogP contribution in [0.1, 0.15) is 25.3 Å². The Labute approximate surface area is 171 Å². The zero-order valence-electron chi connectivity index (χ0n) is 16.7. The molecule has 0 radical (unpaired) electrons. The quantitative estimate of drug-likeness (QED) is 0.514. The summed E-state index contributed by atoms with van der Waals surface area (Å²) < 4.78 is 13.3. The topological polar surface area (TPSA) is 52.8 Å². The monoisotopic (exact) mass is 390 g/mol. The highest BCUT2D eigenvalue weighted by molar-refractivity contribution is 5.76. The molecule has 150 valence electrons. The minimum absolute atomic E-state index is 0.153. The smallest absolute Gasteiger partial charge is 0.247 e. The highest BCUT2D eigenvalue weighted by Crippen LogP contribution is 2.26. The molecule has 0 aliphatic carbocycles. The van der Waals surface area contributed by atoms with E-state index < -0.39 is 0 Å². The van der Waals surface area contributed by atoms with E-state index >= 15 is 0 Å². The van der Waals surface area contributed by atoms with Crippen molar-refractivity contribution in [3.63, 3.8) is 0 Å². The number of rotatable bonds is 9. The van der Waals surface area contributed by atoms with Gasteiger partial charge < -0.3 is 14.0 Å². The zero-order valence-corrected chi connectivity index (χ0v) is 16.7. The standard InChI is InChI=1S/C24H26N2O3/c1-2-28-21-13-6-7-14-22(21)29-18-10-16-24(27)25-23-15-8-9-17-26(23)19-20-11-4-3-5-12-20/h3-9,11-15,17H,2,10,16,18-19H2,1H3. The van der Waals surface area contributed by atoms with Gasteiger partial charge in [0.25, 0.3) is 0 Å². The summed E-state index contributed by atoms with van der Waals surface area (Å²) in [4.78, 5) is 16.6. The fourth-order valence-electron chi connectivity index (χ4n) is 2.92. The Morgan fingerprint density at radius 3 is 2.34 bits per heavy atom. The van der Waals surface area contributed by atoms with Crippen LogP contribution in [-0.2, 0) is 11.3 Å². The maximum atomic E-state index is 12.3. The predicted molar refractivity (Wildman–Crippen MR) is 113 cm³/mol. The number of para-hydroxylation sites is 2. The van der Waals surface area contributed by atoms with Crippen LogP contribution in [0.15, 0.2) is 84.0 Å². The molecular formula is C24H26N2O3. The Morgan fingerprint density at radius 2 is 1.59 bits per heavy atom. The van der Waals surface area contributed by atoms with Gasteiger partial charge in [-0.25, -0.2) is 0 Å². The number of ether oxygens (including phenoxy) is 2. The van der Waals surface area contributed by atoms with Gasteiger partial charge in [0.15, 0.2) is 11.5 Å². The Bertz CT molecular complexity index is 980. The van der Waals surface area contributed by atoms with Crippen molar-refractivity contribution >= 4 is 5.91 Å². The van der Waals surface area contributed by atoms with Crippen molar-refractivity contribution in [2.24, 2.45) is 4.99 Å². The molecule has 3 rings (SSSR count). The summed E-state index contributed by atoms with van der Waals surface area (Å²) in [5, 5.41) is 0. The van der Waals surface area contributed by atoms with E-state index in [1.54, 1.807) is 0 Å². The first-order valence-electron chi connectivity index (χ1n) is 9.88. The van der Waals surface area contributed by atoms with E-state index in [1.165, 1.54) is 0 Å². The van der Waals surface area contributed by atoms with Crippen LogP contribution >= 0.6 is 0 Å². The van der Waals surface area contributed by atoms with Crippen molar-refractivity contribution in [1.82, 2.24) is 4.57 Å². The lowest BCUT2D eigenvalue weighted by atomic mass is 10.2. The van der Waals surface area contributed by atoms with Gasteiger partial charge in [0.2, 0.25) is 5.91 Å². The molecule has 5 heteroatoms. The molecule has 0 spiro atoms. The van der Waals surface area contributed by atoms with Gasteiger partial charge in [-0.15, -0.1) is 0 Å². The minimum atomic E-state index is -0.153. The second kappa shape index (κ2) is 10.9. The third kappa shape index (κ3) is 6.35. The Kier molecular flexibility index (Phi) is 7.63. The predicted octanol–water partition coefficient (Wildman–Crippen LogP) is 4.22. The van der Waals surface area contributed by atoms with Crippen molar-refractivity contribution in [3.8, 4) is 11.5 Å². The fourth-order valence-corrected chi connectivity index (χ4v) is 2.92. The molecule has 29 heavy (non-hydrogen) atoms. The first-order chi connectivity index (χ1) is 14.3. The van der Waals surface area contributed by atoms with Crippen molar-refractivity contribution in [2.75, 3.05) is 13.2 Å². The molecular weight excluding hydrogens is 364 g/mol. The average Bonchev–Trinajstić information content (AvgIpc) is 2.75. The summed E-state index contributed by atoms with van der Waals surface area (Å²) in [5.41, 5.74) is 1.82. The molecule has 5 nitrogen and oxygen atoms in total. The average molecular weight is 390 g/mol. The summed E-state index contributed by atoms with van der Waals surface area (Å²) in [6.07, 6.45) is 2.86. The van der Waals surface area contributed by atoms with Gasteiger partial charge in [-0.3, -0.25) is 4.79 Å². The maximum Gasteiger partial charge on any atom is 0.247 e. The van der Waals surface area contributed by atoms with Gasteiger partial charge in [-0.2, -0.15) is 4.99 Å². The fraction of sp³-hybridized carbons (Fsp3) is 0.250. The Balaban J connectivity index is 1.56. The van der Waals surface area contributed by atoms with Crippen LogP contribution in [0, 0.1) is 0 Å². The molecule has 1 amide bonds. The van der Waals surface area contributed by atoms with Gasteiger partial charge in [0.05, 0.1) is 13.2 Å². The Morgan fingerprint density at radius 1 is 0.897 bits per heavy atom. The SMILES string of the molecule is CCOc1ccccc1OCCCC(=O)N=c1ccccn1Cc1ccccc1. The molecule has 3 aromatic rings. The molecule has 0 unspecified atom stereocenters. The number of carbonyl (C=O) groups excluding carboxylic acids is 1. The number of hydrogen-bond acceptors (Lipinski definition) is 3. The first-order valence-corrected chi connectivity index (χ1v) is 9.88. The number of pyridine rings is 1. The second-order valence-corrected chi connectivity index (χ2v) is 6.51. The molecule has 0 bridgehead atoms. The molecule has 0 aliphatic heterocycles. The molecule has 0 N–H and O–H groups in total. The molecule has 1 heterocycles. The highest BCUT2D eigenvalue weighted by Gasteiger charge is 2.05. The maximum absolute atomic E-state index is 12.3. The van der Waals surface area contributed by atoms with Gasteiger partial charge >= 0.3 is 0 Å². The molecule has 0 saturated carbocycles. The number of aromatic nitrogens is 1. The summed E-state index contributed by atoms with van der Waals surface area (Å²) >= 11 is 0. The number of nitrogens with zero attached hydrogens (tertiary/aromatic N) is 2. The van der Waals surface area contributed by atoms with Crippen molar-refractivity contribution in [1.29, 1.82) is 0 Å². The van der Waals surface area contributed by atoms with Crippen molar-refractivity contribution < 1.29 is 14.3 Å². The lowest BCUT2D eigenvalue weighted by Crippen LogP contribution is -2.22. The van der Waals surface area contributed by atoms with E-state index in [0.717, 1.165) is 11.3 Å². The first kappa shape index (κ1) is 20.4. The lowest BCUT2D eigenvalue weighted by Gasteiger charge is -2.11. The van der Waals surface area contributed by atoms with E-state index in [4.69, 9.17) is 9.47 Å². The number of carbonyl (C=O) groups is 1. The normalized spacial score (nSPS) is 11.3. The number of benzene rings is 2. The van der Waals surface area contributed by atoms with Crippen LogP contribution in [0.3, 0.4) is 0 Å². The zero-order chi connectivity index (χ0) is 20.3. The van der Waals surface area contributed by atoms with Crippen LogP contribution in [0.25, 0.3) is 0 Å². The summed E-state index contributed by atoms with van der Waals surface area (Å²) in [6, 6.07) is 23.4. The van der Waals surface area contributed by atoms with Gasteiger partial charge in [0, 0.05) is 19.2 Å². The Hall–Kier alpha value is -3.34. The van der Waals surface area contributed by atoms with E-state index in [1.807, 2.05) is 78.4 Å². The third-order valence-electron chi connectivity index (χ3n) is 4.29. The van der Waals surface area contributed by atoms with E-state index in [0.29, 0.717) is 43.8 Å². The summed E-state index contributed by atoms with van der Waals surface area (Å²) in [6.45, 7) is 3.62. The molecule has 1 aromatic heterocycles. The van der Waals surface area contributed by atoms with Crippen molar-refractivity contribution in [2.45, 2.75) is 26.3 Å². The van der Waals surface area contributed by atoms with Crippen LogP contribution in [-0.4, -0.2) is 23.7 Å². The van der Waals surface area contributed by atoms with Gasteiger partial charge in [-0.1, -0.05) is 48.5 Å². The van der Waals surface area contributed by atoms with E-state index in [2.05, 4.69) is 17.1 Å². The largest absolute Gasteiger partial charge is 0.490 e. The van der Waals surface area contributed by atoms with Gasteiger partial charge in [0.1, 0.15) is 5.49 Å². The molecule has 0 fully saturated rings. The van der Waals surface area contributed by atoms with Crippen LogP contribution in [0.2, 0.25) is 0 Å². The minimum Gasteiger partial charge on any atom is -0.490 e. The number of amides is 1. The molecule has 0 atom stereocenters. The van der Waals surface area contributed by atoms with E-state index in [-0.39, 0.29) is 5.91 Å². The third-order valence-corrected chi connectivity index (χ3v) is 4.29. The lowest BCUT2D eigenvalue weighted by molar-refractivity contribution is -0.118. The second-order valence-electron chi connectivity index (χ2n) is 6.51. The molecule has 0 aliphatic rings. The highest BCUT2D eigenvalue weighted by atomic mass is 16.5. The van der Waals surface area contributed by atoms with Crippen molar-refractivity contribution in [3.05, 3.63) is 90.0 Å². The summed E-state index contributed by atoms with van der Waals surface area (Å²) in [7, 11) is 0. The number of hydrogen-bond donors (Lipinski definition) is 0. The van der Waals surface area contributed by atoms with E-state index in [9.17, 15) is 4.79 Å². The van der Waals surface area contributed by atoms with Crippen LogP contribution < -0.4 is 15.0 Å². The van der Waals surface area contributed by atoms with Gasteiger partial charge in [-0.05, 0) is 43.2 Å². The molecule has 2 aromatic carbocycles. The summed E-state index contributed by atoms with van der Waals surface area (Å²) in [5.74, 6) is 1.26. The molecule has 0 saturated heterocycles. The van der Waals surface area contributed by atoms with Crippen LogP contribution in [0.4, 0.5) is 0 Å². The van der Waals surface area contributed by atoms with Crippen LogP contribution in [0.5, 0.6) is 11.5 Å².